The minimum absolute atomic E-state index is 0.0447. The van der Waals surface area contributed by atoms with Crippen LogP contribution in [0.3, 0.4) is 0 Å². The average molecular weight is 310 g/mol. The molecule has 112 valence electrons. The smallest absolute Gasteiger partial charge is 0.269 e. The number of nitrogens with zero attached hydrogens (tertiary/aromatic N) is 3. The lowest BCUT2D eigenvalue weighted by Crippen LogP contribution is -2.13. The topological polar surface area (TPSA) is 107 Å². The third kappa shape index (κ3) is 3.02. The summed E-state index contributed by atoms with van der Waals surface area (Å²) >= 11 is 0. The SMILES string of the molecule is CCn1ncc(NS(=O)(=O)c2ccc([N+](=O)[O-])cc2)c1C. The van der Waals surface area contributed by atoms with Crippen molar-refractivity contribution in [3.63, 3.8) is 0 Å². The quantitative estimate of drug-likeness (QED) is 0.670. The molecule has 1 aromatic carbocycles. The number of rotatable bonds is 5. The third-order valence-corrected chi connectivity index (χ3v) is 4.39. The van der Waals surface area contributed by atoms with Crippen molar-refractivity contribution < 1.29 is 13.3 Å². The minimum atomic E-state index is -3.80. The van der Waals surface area contributed by atoms with E-state index in [4.69, 9.17) is 0 Å². The number of benzene rings is 1. The normalized spacial score (nSPS) is 11.3. The van der Waals surface area contributed by atoms with Crippen molar-refractivity contribution in [2.75, 3.05) is 4.72 Å². The fourth-order valence-corrected chi connectivity index (χ4v) is 2.92. The fourth-order valence-electron chi connectivity index (χ4n) is 1.82. The van der Waals surface area contributed by atoms with Gasteiger partial charge in [-0.25, -0.2) is 8.42 Å². The highest BCUT2D eigenvalue weighted by atomic mass is 32.2. The van der Waals surface area contributed by atoms with Crippen LogP contribution in [0.5, 0.6) is 0 Å². The molecule has 8 nitrogen and oxygen atoms in total. The molecule has 2 aromatic rings. The van der Waals surface area contributed by atoms with Crippen LogP contribution in [-0.2, 0) is 16.6 Å². The van der Waals surface area contributed by atoms with E-state index in [1.807, 2.05) is 6.92 Å². The van der Waals surface area contributed by atoms with Gasteiger partial charge in [-0.2, -0.15) is 5.10 Å². The summed E-state index contributed by atoms with van der Waals surface area (Å²) in [6, 6.07) is 4.69. The molecule has 0 aliphatic rings. The summed E-state index contributed by atoms with van der Waals surface area (Å²) in [5.74, 6) is 0. The first-order valence-electron chi connectivity index (χ1n) is 6.15. The van der Waals surface area contributed by atoms with Gasteiger partial charge in [0.05, 0.1) is 27.4 Å². The molecular weight excluding hydrogens is 296 g/mol. The Kier molecular flexibility index (Phi) is 3.94. The second-order valence-corrected chi connectivity index (χ2v) is 6.00. The number of aromatic nitrogens is 2. The number of anilines is 1. The lowest BCUT2D eigenvalue weighted by Gasteiger charge is -2.07. The van der Waals surface area contributed by atoms with E-state index in [1.165, 1.54) is 18.3 Å². The van der Waals surface area contributed by atoms with Crippen molar-refractivity contribution in [1.29, 1.82) is 0 Å². The molecule has 21 heavy (non-hydrogen) atoms. The molecule has 0 unspecified atom stereocenters. The number of nitro benzene ring substituents is 1. The summed E-state index contributed by atoms with van der Waals surface area (Å²) in [6.45, 7) is 4.28. The number of hydrogen-bond acceptors (Lipinski definition) is 5. The highest BCUT2D eigenvalue weighted by molar-refractivity contribution is 7.92. The summed E-state index contributed by atoms with van der Waals surface area (Å²) in [7, 11) is -3.80. The van der Waals surface area contributed by atoms with Crippen molar-refractivity contribution in [2.45, 2.75) is 25.3 Å². The van der Waals surface area contributed by atoms with Gasteiger partial charge in [-0.05, 0) is 26.0 Å². The van der Waals surface area contributed by atoms with E-state index < -0.39 is 14.9 Å². The number of hydrogen-bond donors (Lipinski definition) is 1. The monoisotopic (exact) mass is 310 g/mol. The maximum absolute atomic E-state index is 12.2. The molecule has 0 fully saturated rings. The fraction of sp³-hybridized carbons (Fsp3) is 0.250. The molecular formula is C12H14N4O4S. The van der Waals surface area contributed by atoms with Gasteiger partial charge in [0.1, 0.15) is 0 Å². The van der Waals surface area contributed by atoms with Crippen LogP contribution >= 0.6 is 0 Å². The summed E-state index contributed by atoms with van der Waals surface area (Å²) in [4.78, 5) is 9.93. The molecule has 0 spiro atoms. The van der Waals surface area contributed by atoms with Crippen molar-refractivity contribution in [3.05, 3.63) is 46.3 Å². The maximum atomic E-state index is 12.2. The van der Waals surface area contributed by atoms with Gasteiger partial charge in [-0.15, -0.1) is 0 Å². The van der Waals surface area contributed by atoms with Crippen LogP contribution in [0.25, 0.3) is 0 Å². The van der Waals surface area contributed by atoms with Crippen LogP contribution in [0.2, 0.25) is 0 Å². The Labute approximate surface area is 121 Å². The highest BCUT2D eigenvalue weighted by Gasteiger charge is 2.18. The van der Waals surface area contributed by atoms with Gasteiger partial charge in [-0.3, -0.25) is 19.5 Å². The molecule has 1 heterocycles. The van der Waals surface area contributed by atoms with E-state index in [0.717, 1.165) is 12.1 Å². The lowest BCUT2D eigenvalue weighted by atomic mass is 10.3. The first-order valence-corrected chi connectivity index (χ1v) is 7.63. The van der Waals surface area contributed by atoms with Gasteiger partial charge in [-0.1, -0.05) is 0 Å². The second kappa shape index (κ2) is 5.52. The molecule has 0 aliphatic heterocycles. The Morgan fingerprint density at radius 1 is 1.33 bits per heavy atom. The molecule has 0 radical (unpaired) electrons. The van der Waals surface area contributed by atoms with E-state index in [0.29, 0.717) is 17.9 Å². The molecule has 0 atom stereocenters. The molecule has 0 aliphatic carbocycles. The standard InChI is InChI=1S/C12H14N4O4S/c1-3-15-9(2)12(8-13-15)14-21(19,20)11-6-4-10(5-7-11)16(17)18/h4-8,14H,3H2,1-2H3. The van der Waals surface area contributed by atoms with Gasteiger partial charge in [0.25, 0.3) is 15.7 Å². The molecule has 2 rings (SSSR count). The van der Waals surface area contributed by atoms with E-state index in [2.05, 4.69) is 9.82 Å². The summed E-state index contributed by atoms with van der Waals surface area (Å²) in [6.07, 6.45) is 1.43. The summed E-state index contributed by atoms with van der Waals surface area (Å²) < 4.78 is 28.5. The van der Waals surface area contributed by atoms with Crippen molar-refractivity contribution in [3.8, 4) is 0 Å². The molecule has 1 aromatic heterocycles. The van der Waals surface area contributed by atoms with Crippen LogP contribution in [0, 0.1) is 17.0 Å². The third-order valence-electron chi connectivity index (χ3n) is 3.00. The number of nitro groups is 1. The van der Waals surface area contributed by atoms with E-state index >= 15 is 0 Å². The van der Waals surface area contributed by atoms with E-state index in [9.17, 15) is 18.5 Å². The van der Waals surface area contributed by atoms with E-state index in [-0.39, 0.29) is 10.6 Å². The number of sulfonamides is 1. The molecule has 0 saturated heterocycles. The van der Waals surface area contributed by atoms with Crippen molar-refractivity contribution >= 4 is 21.4 Å². The van der Waals surface area contributed by atoms with Crippen LogP contribution in [0.1, 0.15) is 12.6 Å². The Bertz CT molecular complexity index is 765. The predicted molar refractivity (Wildman–Crippen MR) is 76.5 cm³/mol. The molecule has 0 saturated carbocycles. The van der Waals surface area contributed by atoms with Crippen LogP contribution in [0.4, 0.5) is 11.4 Å². The Morgan fingerprint density at radius 2 is 1.95 bits per heavy atom. The van der Waals surface area contributed by atoms with Crippen molar-refractivity contribution in [2.24, 2.45) is 0 Å². The van der Waals surface area contributed by atoms with Gasteiger partial charge in [0.15, 0.2) is 0 Å². The first-order chi connectivity index (χ1) is 9.85. The van der Waals surface area contributed by atoms with Gasteiger partial charge in [0.2, 0.25) is 0 Å². The average Bonchev–Trinajstić information content (AvgIpc) is 2.79. The molecule has 9 heteroatoms. The maximum Gasteiger partial charge on any atom is 0.269 e. The summed E-state index contributed by atoms with van der Waals surface area (Å²) in [5.41, 5.74) is 0.919. The first kappa shape index (κ1) is 15.0. The zero-order valence-corrected chi connectivity index (χ0v) is 12.3. The van der Waals surface area contributed by atoms with Gasteiger partial charge < -0.3 is 0 Å². The van der Waals surface area contributed by atoms with Gasteiger partial charge >= 0.3 is 0 Å². The van der Waals surface area contributed by atoms with Gasteiger partial charge in [0, 0.05) is 18.7 Å². The summed E-state index contributed by atoms with van der Waals surface area (Å²) in [5, 5.41) is 14.6. The largest absolute Gasteiger partial charge is 0.276 e. The molecule has 1 N–H and O–H groups in total. The zero-order valence-electron chi connectivity index (χ0n) is 11.5. The Hall–Kier alpha value is -2.42. The lowest BCUT2D eigenvalue weighted by molar-refractivity contribution is -0.384. The number of nitrogens with one attached hydrogen (secondary N) is 1. The van der Waals surface area contributed by atoms with Crippen LogP contribution in [0.15, 0.2) is 35.4 Å². The minimum Gasteiger partial charge on any atom is -0.276 e. The Balaban J connectivity index is 2.29. The molecule has 0 bridgehead atoms. The number of aryl methyl sites for hydroxylation is 1. The highest BCUT2D eigenvalue weighted by Crippen LogP contribution is 2.21. The van der Waals surface area contributed by atoms with Crippen molar-refractivity contribution in [1.82, 2.24) is 9.78 Å². The second-order valence-electron chi connectivity index (χ2n) is 4.32. The Morgan fingerprint density at radius 3 is 2.43 bits per heavy atom. The zero-order chi connectivity index (χ0) is 15.6. The van der Waals surface area contributed by atoms with E-state index in [1.54, 1.807) is 11.6 Å². The predicted octanol–water partition coefficient (Wildman–Crippen LogP) is 1.92. The molecule has 0 amide bonds. The van der Waals surface area contributed by atoms with Crippen LogP contribution < -0.4 is 4.72 Å². The van der Waals surface area contributed by atoms with Crippen LogP contribution in [-0.4, -0.2) is 23.1 Å². The number of non-ortho nitro benzene ring substituents is 1.